The maximum absolute atomic E-state index is 14.0. The molecule has 0 amide bonds. The number of hydrogen-bond acceptors (Lipinski definition) is 5. The molecule has 0 spiro atoms. The number of hydrogen-bond donors (Lipinski definition) is 2. The highest BCUT2D eigenvalue weighted by molar-refractivity contribution is 5.68. The van der Waals surface area contributed by atoms with E-state index in [1.54, 1.807) is 43.5 Å². The minimum atomic E-state index is -0.608. The van der Waals surface area contributed by atoms with E-state index >= 15 is 0 Å². The van der Waals surface area contributed by atoms with Gasteiger partial charge in [-0.25, -0.2) is 9.37 Å². The van der Waals surface area contributed by atoms with E-state index < -0.39 is 11.4 Å². The minimum Gasteiger partial charge on any atom is -0.497 e. The summed E-state index contributed by atoms with van der Waals surface area (Å²) in [7, 11) is 1.54. The van der Waals surface area contributed by atoms with Gasteiger partial charge in [-0.15, -0.1) is 0 Å². The first-order chi connectivity index (χ1) is 12.5. The van der Waals surface area contributed by atoms with Gasteiger partial charge < -0.3 is 10.1 Å². The maximum Gasteiger partial charge on any atom is 0.270 e. The number of rotatable bonds is 4. The second-order valence-corrected chi connectivity index (χ2v) is 5.59. The molecule has 1 aromatic heterocycles. The number of aromatic amines is 1. The Labute approximate surface area is 148 Å². The Bertz CT molecular complexity index is 1050. The van der Waals surface area contributed by atoms with Crippen molar-refractivity contribution in [3.05, 3.63) is 69.8 Å². The van der Waals surface area contributed by atoms with Gasteiger partial charge in [0.05, 0.1) is 18.5 Å². The van der Waals surface area contributed by atoms with Gasteiger partial charge in [0.25, 0.3) is 5.56 Å². The van der Waals surface area contributed by atoms with E-state index in [-0.39, 0.29) is 22.9 Å². The van der Waals surface area contributed by atoms with Crippen LogP contribution in [0.2, 0.25) is 0 Å². The lowest BCUT2D eigenvalue weighted by Crippen LogP contribution is -2.16. The van der Waals surface area contributed by atoms with E-state index in [9.17, 15) is 14.4 Å². The second-order valence-electron chi connectivity index (χ2n) is 5.59. The highest BCUT2D eigenvalue weighted by Crippen LogP contribution is 2.24. The molecule has 7 heteroatoms. The molecule has 1 heterocycles. The molecule has 26 heavy (non-hydrogen) atoms. The number of aromatic nitrogens is 2. The smallest absolute Gasteiger partial charge is 0.270 e. The van der Waals surface area contributed by atoms with E-state index in [1.165, 1.54) is 6.07 Å². The number of halogens is 1. The van der Waals surface area contributed by atoms with Crippen molar-refractivity contribution >= 4 is 11.6 Å². The zero-order chi connectivity index (χ0) is 18.7. The summed E-state index contributed by atoms with van der Waals surface area (Å²) in [5.74, 6) is 0.204. The minimum absolute atomic E-state index is 0.0457. The Morgan fingerprint density at radius 2 is 1.96 bits per heavy atom. The molecule has 130 valence electrons. The van der Waals surface area contributed by atoms with Gasteiger partial charge in [-0.1, -0.05) is 6.07 Å². The van der Waals surface area contributed by atoms with Crippen LogP contribution in [0.15, 0.2) is 47.3 Å². The molecule has 3 rings (SSSR count). The Hall–Kier alpha value is -3.66. The first-order valence-electron chi connectivity index (χ1n) is 7.74. The van der Waals surface area contributed by atoms with Crippen molar-refractivity contribution in [2.24, 2.45) is 0 Å². The molecule has 0 saturated heterocycles. The van der Waals surface area contributed by atoms with Gasteiger partial charge in [0.1, 0.15) is 23.2 Å². The number of nitrogens with one attached hydrogen (secondary N) is 2. The average molecular weight is 350 g/mol. The summed E-state index contributed by atoms with van der Waals surface area (Å²) in [6.45, 7) is 1.82. The largest absolute Gasteiger partial charge is 0.497 e. The molecule has 3 aromatic rings. The Morgan fingerprint density at radius 1 is 1.23 bits per heavy atom. The van der Waals surface area contributed by atoms with Crippen LogP contribution >= 0.6 is 0 Å². The molecule has 0 radical (unpaired) electrons. The van der Waals surface area contributed by atoms with Crippen LogP contribution in [0.25, 0.3) is 11.3 Å². The fraction of sp³-hybridized carbons (Fsp3) is 0.105. The van der Waals surface area contributed by atoms with Crippen molar-refractivity contribution in [3.63, 3.8) is 0 Å². The molecule has 0 unspecified atom stereocenters. The second kappa shape index (κ2) is 7.07. The van der Waals surface area contributed by atoms with Crippen molar-refractivity contribution in [2.45, 2.75) is 6.92 Å². The fourth-order valence-corrected chi connectivity index (χ4v) is 2.46. The third-order valence-corrected chi connectivity index (χ3v) is 3.77. The van der Waals surface area contributed by atoms with E-state index in [1.807, 2.05) is 13.0 Å². The molecule has 0 fully saturated rings. The predicted molar refractivity (Wildman–Crippen MR) is 96.0 cm³/mol. The van der Waals surface area contributed by atoms with Crippen molar-refractivity contribution in [3.8, 4) is 23.1 Å². The molecule has 2 aromatic carbocycles. The first kappa shape index (κ1) is 17.2. The van der Waals surface area contributed by atoms with Crippen molar-refractivity contribution < 1.29 is 9.13 Å². The number of ether oxygens (including phenoxy) is 1. The number of methoxy groups -OCH3 is 1. The van der Waals surface area contributed by atoms with Gasteiger partial charge in [-0.2, -0.15) is 5.26 Å². The lowest BCUT2D eigenvalue weighted by molar-refractivity contribution is 0.415. The summed E-state index contributed by atoms with van der Waals surface area (Å²) >= 11 is 0. The third-order valence-electron chi connectivity index (χ3n) is 3.77. The van der Waals surface area contributed by atoms with Crippen LogP contribution in [-0.2, 0) is 0 Å². The van der Waals surface area contributed by atoms with Gasteiger partial charge in [0.15, 0.2) is 0 Å². The van der Waals surface area contributed by atoms with Crippen LogP contribution < -0.4 is 15.6 Å². The Morgan fingerprint density at radius 3 is 2.62 bits per heavy atom. The van der Waals surface area contributed by atoms with Crippen molar-refractivity contribution in [1.82, 2.24) is 9.97 Å². The predicted octanol–water partition coefficient (Wildman–Crippen LogP) is 3.51. The molecule has 0 aliphatic rings. The maximum atomic E-state index is 14.0. The topological polar surface area (TPSA) is 90.8 Å². The van der Waals surface area contributed by atoms with Gasteiger partial charge in [0, 0.05) is 5.56 Å². The number of anilines is 2. The van der Waals surface area contributed by atoms with Gasteiger partial charge in [-0.3, -0.25) is 9.78 Å². The number of nitriles is 1. The number of benzene rings is 2. The normalized spacial score (nSPS) is 10.2. The molecule has 0 saturated carbocycles. The van der Waals surface area contributed by atoms with Crippen LogP contribution in [-0.4, -0.2) is 17.1 Å². The van der Waals surface area contributed by atoms with E-state index in [0.717, 1.165) is 5.56 Å². The average Bonchev–Trinajstić information content (AvgIpc) is 2.64. The zero-order valence-corrected chi connectivity index (χ0v) is 14.1. The highest BCUT2D eigenvalue weighted by atomic mass is 19.1. The molecule has 0 bridgehead atoms. The van der Waals surface area contributed by atoms with Crippen LogP contribution in [0.5, 0.6) is 5.75 Å². The number of nitrogens with zero attached hydrogens (tertiary/aromatic N) is 2. The fourth-order valence-electron chi connectivity index (χ4n) is 2.46. The Kier molecular flexibility index (Phi) is 4.67. The molecular weight excluding hydrogens is 335 g/mol. The van der Waals surface area contributed by atoms with Gasteiger partial charge in [-0.05, 0) is 48.9 Å². The summed E-state index contributed by atoms with van der Waals surface area (Å²) in [5, 5.41) is 12.1. The molecule has 0 aliphatic carbocycles. The molecule has 2 N–H and O–H groups in total. The SMILES string of the molecule is COc1ccc(-c2nc(Nc3cc(C)ccc3F)[nH]c(=O)c2C#N)cc1. The van der Waals surface area contributed by atoms with Crippen LogP contribution in [0.3, 0.4) is 0 Å². The zero-order valence-electron chi connectivity index (χ0n) is 14.1. The van der Waals surface area contributed by atoms with E-state index in [2.05, 4.69) is 15.3 Å². The lowest BCUT2D eigenvalue weighted by Gasteiger charge is -2.10. The summed E-state index contributed by atoms with van der Waals surface area (Å²) in [6.07, 6.45) is 0. The van der Waals surface area contributed by atoms with Crippen LogP contribution in [0, 0.1) is 24.1 Å². The first-order valence-corrected chi connectivity index (χ1v) is 7.74. The van der Waals surface area contributed by atoms with Crippen molar-refractivity contribution in [2.75, 3.05) is 12.4 Å². The third kappa shape index (κ3) is 3.39. The number of H-pyrrole nitrogens is 1. The summed E-state index contributed by atoms with van der Waals surface area (Å²) in [6, 6.07) is 13.2. The van der Waals surface area contributed by atoms with Gasteiger partial charge in [0.2, 0.25) is 5.95 Å². The quantitative estimate of drug-likeness (QED) is 0.751. The molecular formula is C19H15FN4O2. The standard InChI is InChI=1S/C19H15FN4O2/c1-11-3-8-15(20)16(9-11)22-19-23-17(14(10-21)18(25)24-19)12-4-6-13(26-2)7-5-12/h3-9H,1-2H3,(H2,22,23,24,25). The van der Waals surface area contributed by atoms with E-state index in [0.29, 0.717) is 11.3 Å². The monoisotopic (exact) mass is 350 g/mol. The number of aryl methyl sites for hydroxylation is 1. The Balaban J connectivity index is 2.08. The lowest BCUT2D eigenvalue weighted by atomic mass is 10.1. The van der Waals surface area contributed by atoms with E-state index in [4.69, 9.17) is 4.74 Å². The summed E-state index contributed by atoms with van der Waals surface area (Å²) < 4.78 is 19.1. The van der Waals surface area contributed by atoms with Crippen LogP contribution in [0.4, 0.5) is 16.0 Å². The highest BCUT2D eigenvalue weighted by Gasteiger charge is 2.14. The molecule has 0 atom stereocenters. The molecule has 6 nitrogen and oxygen atoms in total. The van der Waals surface area contributed by atoms with Crippen molar-refractivity contribution in [1.29, 1.82) is 5.26 Å². The molecule has 0 aliphatic heterocycles. The summed E-state index contributed by atoms with van der Waals surface area (Å²) in [4.78, 5) is 19.0. The van der Waals surface area contributed by atoms with Gasteiger partial charge >= 0.3 is 0 Å². The van der Waals surface area contributed by atoms with Crippen LogP contribution in [0.1, 0.15) is 11.1 Å². The summed E-state index contributed by atoms with van der Waals surface area (Å²) in [5.41, 5.74) is 1.07.